The minimum atomic E-state index is -3.29. The summed E-state index contributed by atoms with van der Waals surface area (Å²) in [4.78, 5) is 0. The quantitative estimate of drug-likeness (QED) is 0.792. The lowest BCUT2D eigenvalue weighted by Gasteiger charge is -2.10. The third kappa shape index (κ3) is 3.00. The normalized spacial score (nSPS) is 11.1. The molecule has 0 saturated carbocycles. The molecule has 0 aliphatic rings. The second-order valence-corrected chi connectivity index (χ2v) is 5.64. The Balaban J connectivity index is 2.88. The van der Waals surface area contributed by atoms with Crippen molar-refractivity contribution in [1.82, 2.24) is 0 Å². The van der Waals surface area contributed by atoms with Crippen LogP contribution in [0.2, 0.25) is 0 Å². The van der Waals surface area contributed by atoms with Crippen molar-refractivity contribution in [2.75, 3.05) is 4.72 Å². The van der Waals surface area contributed by atoms with Crippen LogP contribution in [0.1, 0.15) is 19.4 Å². The molecule has 1 aromatic rings. The van der Waals surface area contributed by atoms with Gasteiger partial charge in [0.15, 0.2) is 0 Å². The predicted octanol–water partition coefficient (Wildman–Crippen LogP) is 1.77. The molecule has 0 aromatic heterocycles. The molecule has 1 radical (unpaired) electrons. The molecule has 0 fully saturated rings. The van der Waals surface area contributed by atoms with Crippen LogP contribution in [-0.2, 0) is 10.0 Å². The summed E-state index contributed by atoms with van der Waals surface area (Å²) >= 11 is 0. The number of benzene rings is 1. The molecule has 0 atom stereocenters. The fourth-order valence-corrected chi connectivity index (χ4v) is 1.60. The summed E-state index contributed by atoms with van der Waals surface area (Å²) in [5.74, 6) is 2.21. The highest BCUT2D eigenvalue weighted by atomic mass is 32.2. The fourth-order valence-electron chi connectivity index (χ4n) is 0.904. The Bertz CT molecular complexity index is 466. The van der Waals surface area contributed by atoms with E-state index in [0.29, 0.717) is 11.3 Å². The number of anilines is 1. The van der Waals surface area contributed by atoms with E-state index in [1.807, 2.05) is 0 Å². The minimum absolute atomic E-state index is 0.466. The maximum absolute atomic E-state index is 11.5. The van der Waals surface area contributed by atoms with E-state index in [0.717, 1.165) is 0 Å². The summed E-state index contributed by atoms with van der Waals surface area (Å²) in [7, 11) is -3.29. The first-order chi connectivity index (χ1) is 6.95. The summed E-state index contributed by atoms with van der Waals surface area (Å²) in [5.41, 5.74) is 1.12. The average Bonchev–Trinajstić information content (AvgIpc) is 2.18. The van der Waals surface area contributed by atoms with Gasteiger partial charge in [-0.2, -0.15) is 0 Å². The van der Waals surface area contributed by atoms with Crippen molar-refractivity contribution in [2.24, 2.45) is 0 Å². The van der Waals surface area contributed by atoms with Crippen molar-refractivity contribution in [2.45, 2.75) is 19.1 Å². The topological polar surface area (TPSA) is 46.2 Å². The van der Waals surface area contributed by atoms with Crippen LogP contribution >= 0.6 is 0 Å². The number of hydrogen-bond acceptors (Lipinski definition) is 2. The van der Waals surface area contributed by atoms with Crippen LogP contribution in [0.4, 0.5) is 5.69 Å². The van der Waals surface area contributed by atoms with E-state index in [1.54, 1.807) is 38.1 Å². The van der Waals surface area contributed by atoms with Crippen LogP contribution in [-0.4, -0.2) is 13.7 Å². The molecule has 0 aliphatic carbocycles. The van der Waals surface area contributed by atoms with Crippen LogP contribution in [0, 0.1) is 12.3 Å². The first-order valence-electron chi connectivity index (χ1n) is 4.50. The van der Waals surface area contributed by atoms with Crippen LogP contribution < -0.4 is 4.72 Å². The number of rotatable bonds is 3. The Labute approximate surface area is 90.6 Å². The molecule has 1 N–H and O–H groups in total. The Kier molecular flexibility index (Phi) is 3.38. The SMILES string of the molecule is [C]#Cc1ccc(NS(=O)(=O)C(C)C)cc1. The Morgan fingerprint density at radius 2 is 1.80 bits per heavy atom. The van der Waals surface area contributed by atoms with E-state index in [-0.39, 0.29) is 0 Å². The van der Waals surface area contributed by atoms with Gasteiger partial charge in [0, 0.05) is 11.3 Å². The maximum Gasteiger partial charge on any atom is 0.235 e. The lowest BCUT2D eigenvalue weighted by molar-refractivity contribution is 0.593. The second-order valence-electron chi connectivity index (χ2n) is 3.40. The third-order valence-electron chi connectivity index (χ3n) is 1.91. The van der Waals surface area contributed by atoms with E-state index < -0.39 is 15.3 Å². The summed E-state index contributed by atoms with van der Waals surface area (Å²) < 4.78 is 25.4. The molecule has 1 aromatic carbocycles. The first-order valence-corrected chi connectivity index (χ1v) is 6.05. The van der Waals surface area contributed by atoms with Crippen LogP contribution in [0.25, 0.3) is 0 Å². The van der Waals surface area contributed by atoms with Gasteiger partial charge in [-0.15, -0.1) is 0 Å². The van der Waals surface area contributed by atoms with E-state index >= 15 is 0 Å². The van der Waals surface area contributed by atoms with Gasteiger partial charge in [-0.1, -0.05) is 5.92 Å². The molecule has 0 aliphatic heterocycles. The highest BCUT2D eigenvalue weighted by Crippen LogP contribution is 2.12. The summed E-state index contributed by atoms with van der Waals surface area (Å²) in [6.07, 6.45) is 6.87. The van der Waals surface area contributed by atoms with Crippen LogP contribution in [0.15, 0.2) is 24.3 Å². The van der Waals surface area contributed by atoms with E-state index in [9.17, 15) is 8.42 Å². The average molecular weight is 222 g/mol. The van der Waals surface area contributed by atoms with Gasteiger partial charge in [-0.3, -0.25) is 4.72 Å². The van der Waals surface area contributed by atoms with Gasteiger partial charge in [-0.05, 0) is 44.5 Å². The molecule has 1 rings (SSSR count). The van der Waals surface area contributed by atoms with Gasteiger partial charge < -0.3 is 0 Å². The molecule has 0 heterocycles. The molecule has 79 valence electrons. The van der Waals surface area contributed by atoms with Crippen molar-refractivity contribution in [3.8, 4) is 5.92 Å². The zero-order valence-electron chi connectivity index (χ0n) is 8.61. The molecule has 4 heteroatoms. The molecule has 0 saturated heterocycles. The van der Waals surface area contributed by atoms with E-state index in [4.69, 9.17) is 6.42 Å². The molecule has 15 heavy (non-hydrogen) atoms. The zero-order chi connectivity index (χ0) is 11.5. The Morgan fingerprint density at radius 1 is 1.27 bits per heavy atom. The van der Waals surface area contributed by atoms with Gasteiger partial charge in [0.2, 0.25) is 10.0 Å². The number of nitrogens with one attached hydrogen (secondary N) is 1. The van der Waals surface area contributed by atoms with Crippen molar-refractivity contribution in [1.29, 1.82) is 0 Å². The highest BCUT2D eigenvalue weighted by molar-refractivity contribution is 7.93. The monoisotopic (exact) mass is 222 g/mol. The summed E-state index contributed by atoms with van der Waals surface area (Å²) in [5, 5.41) is -0.466. The van der Waals surface area contributed by atoms with Gasteiger partial charge in [0.05, 0.1) is 5.25 Å². The number of sulfonamides is 1. The summed E-state index contributed by atoms with van der Waals surface area (Å²) in [6, 6.07) is 6.48. The maximum atomic E-state index is 11.5. The van der Waals surface area contributed by atoms with Crippen LogP contribution in [0.5, 0.6) is 0 Å². The molecule has 3 nitrogen and oxygen atoms in total. The van der Waals surface area contributed by atoms with Gasteiger partial charge in [-0.25, -0.2) is 8.42 Å². The molecule has 0 bridgehead atoms. The third-order valence-corrected chi connectivity index (χ3v) is 3.67. The van der Waals surface area contributed by atoms with Crippen molar-refractivity contribution in [3.05, 3.63) is 36.3 Å². The minimum Gasteiger partial charge on any atom is -0.283 e. The fraction of sp³-hybridized carbons (Fsp3) is 0.273. The predicted molar refractivity (Wildman–Crippen MR) is 60.4 cm³/mol. The Morgan fingerprint density at radius 3 is 2.20 bits per heavy atom. The van der Waals surface area contributed by atoms with E-state index in [1.165, 1.54) is 0 Å². The lowest BCUT2D eigenvalue weighted by Crippen LogP contribution is -2.22. The number of hydrogen-bond donors (Lipinski definition) is 1. The van der Waals surface area contributed by atoms with E-state index in [2.05, 4.69) is 10.6 Å². The standard InChI is InChI=1S/C11H12NO2S/c1-4-10-5-7-11(8-6-10)12-15(13,14)9(2)3/h5-9,12H,2-3H3. The van der Waals surface area contributed by atoms with Crippen molar-refractivity contribution < 1.29 is 8.42 Å². The van der Waals surface area contributed by atoms with Gasteiger partial charge in [0.1, 0.15) is 0 Å². The molecule has 0 unspecified atom stereocenters. The largest absolute Gasteiger partial charge is 0.283 e. The summed E-state index contributed by atoms with van der Waals surface area (Å²) in [6.45, 7) is 3.23. The molecular weight excluding hydrogens is 210 g/mol. The first kappa shape index (κ1) is 11.6. The Hall–Kier alpha value is -1.47. The molecule has 0 amide bonds. The zero-order valence-corrected chi connectivity index (χ0v) is 9.43. The van der Waals surface area contributed by atoms with Gasteiger partial charge >= 0.3 is 0 Å². The van der Waals surface area contributed by atoms with Crippen molar-refractivity contribution >= 4 is 15.7 Å². The molecule has 0 spiro atoms. The molecular formula is C11H12NO2S. The van der Waals surface area contributed by atoms with Gasteiger partial charge in [0.25, 0.3) is 0 Å². The highest BCUT2D eigenvalue weighted by Gasteiger charge is 2.14. The smallest absolute Gasteiger partial charge is 0.235 e. The van der Waals surface area contributed by atoms with Crippen molar-refractivity contribution in [3.63, 3.8) is 0 Å². The second kappa shape index (κ2) is 4.37. The lowest BCUT2D eigenvalue weighted by atomic mass is 10.2. The van der Waals surface area contributed by atoms with Crippen LogP contribution in [0.3, 0.4) is 0 Å².